The van der Waals surface area contributed by atoms with Gasteiger partial charge in [-0.25, -0.2) is 9.50 Å². The minimum absolute atomic E-state index is 0. The summed E-state index contributed by atoms with van der Waals surface area (Å²) >= 11 is 0. The predicted octanol–water partition coefficient (Wildman–Crippen LogP) is 1.60. The summed E-state index contributed by atoms with van der Waals surface area (Å²) in [6.07, 6.45) is -1.42. The molecule has 26 heavy (non-hydrogen) atoms. The van der Waals surface area contributed by atoms with Crippen molar-refractivity contribution < 1.29 is 17.9 Å². The van der Waals surface area contributed by atoms with Gasteiger partial charge in [0.05, 0.1) is 12.1 Å². The third-order valence-electron chi connectivity index (χ3n) is 5.02. The Morgan fingerprint density at radius 2 is 1.96 bits per heavy atom. The lowest BCUT2D eigenvalue weighted by molar-refractivity contribution is -0.173. The monoisotopic (exact) mass is 393 g/mol. The van der Waals surface area contributed by atoms with E-state index in [0.717, 1.165) is 12.8 Å². The Balaban J connectivity index is 0.00000196. The van der Waals surface area contributed by atoms with Gasteiger partial charge in [-0.3, -0.25) is 4.79 Å². The lowest BCUT2D eigenvalue weighted by Crippen LogP contribution is -2.31. The van der Waals surface area contributed by atoms with Crippen LogP contribution in [-0.2, 0) is 4.74 Å². The maximum absolute atomic E-state index is 13.2. The maximum atomic E-state index is 13.2. The highest BCUT2D eigenvalue weighted by molar-refractivity contribution is 5.85. The van der Waals surface area contributed by atoms with Crippen LogP contribution in [0.4, 0.5) is 13.2 Å². The van der Waals surface area contributed by atoms with Gasteiger partial charge in [-0.1, -0.05) is 0 Å². The molecular weight excluding hydrogens is 375 g/mol. The molecule has 11 heteroatoms. The highest BCUT2D eigenvalue weighted by Gasteiger charge is 2.48. The van der Waals surface area contributed by atoms with E-state index >= 15 is 0 Å². The minimum atomic E-state index is -4.35. The van der Waals surface area contributed by atoms with E-state index in [-0.39, 0.29) is 42.8 Å². The van der Waals surface area contributed by atoms with Crippen LogP contribution in [0.1, 0.15) is 36.3 Å². The highest BCUT2D eigenvalue weighted by atomic mass is 35.5. The summed E-state index contributed by atoms with van der Waals surface area (Å²) in [5.74, 6) is -1.74. The Kier molecular flexibility index (Phi) is 5.27. The largest absolute Gasteiger partial charge is 0.393 e. The molecule has 0 spiro atoms. The zero-order valence-corrected chi connectivity index (χ0v) is 14.6. The zero-order chi connectivity index (χ0) is 17.6. The number of hydrogen-bond acceptors (Lipinski definition) is 5. The van der Waals surface area contributed by atoms with E-state index in [1.165, 1.54) is 10.7 Å². The quantitative estimate of drug-likeness (QED) is 0.809. The first-order valence-electron chi connectivity index (χ1n) is 8.28. The summed E-state index contributed by atoms with van der Waals surface area (Å²) in [5.41, 5.74) is -0.219. The molecule has 0 amide bonds. The number of hydrogen-bond donors (Lipinski definition) is 2. The van der Waals surface area contributed by atoms with Crippen molar-refractivity contribution in [1.82, 2.24) is 24.9 Å². The third-order valence-corrected chi connectivity index (χ3v) is 5.02. The van der Waals surface area contributed by atoms with Crippen LogP contribution in [0, 0.1) is 5.92 Å². The van der Waals surface area contributed by atoms with E-state index in [1.807, 2.05) is 0 Å². The summed E-state index contributed by atoms with van der Waals surface area (Å²) in [6, 6.07) is 0. The molecule has 4 heterocycles. The molecule has 0 aromatic carbocycles. The molecular formula is C15H19ClF3N5O2. The van der Waals surface area contributed by atoms with E-state index in [9.17, 15) is 18.0 Å². The second kappa shape index (κ2) is 7.16. The fourth-order valence-electron chi connectivity index (χ4n) is 3.64. The van der Waals surface area contributed by atoms with Crippen molar-refractivity contribution in [1.29, 1.82) is 0 Å². The van der Waals surface area contributed by atoms with Gasteiger partial charge in [0.2, 0.25) is 0 Å². The van der Waals surface area contributed by atoms with Gasteiger partial charge < -0.3 is 15.0 Å². The van der Waals surface area contributed by atoms with Gasteiger partial charge >= 0.3 is 6.18 Å². The van der Waals surface area contributed by atoms with E-state index in [4.69, 9.17) is 4.74 Å². The van der Waals surface area contributed by atoms with E-state index in [2.05, 4.69) is 20.4 Å². The number of ether oxygens (including phenoxy) is 1. The Morgan fingerprint density at radius 1 is 1.23 bits per heavy atom. The zero-order valence-electron chi connectivity index (χ0n) is 13.8. The third kappa shape index (κ3) is 3.33. The van der Waals surface area contributed by atoms with Crippen LogP contribution < -0.4 is 10.9 Å². The summed E-state index contributed by atoms with van der Waals surface area (Å²) < 4.78 is 46.4. The maximum Gasteiger partial charge on any atom is 0.393 e. The summed E-state index contributed by atoms with van der Waals surface area (Å²) in [7, 11) is 0. The first kappa shape index (κ1) is 19.1. The second-order valence-corrected chi connectivity index (χ2v) is 6.55. The molecule has 2 aromatic heterocycles. The Morgan fingerprint density at radius 3 is 2.65 bits per heavy atom. The molecule has 2 N–H and O–H groups in total. The fourth-order valence-corrected chi connectivity index (χ4v) is 3.64. The Bertz CT molecular complexity index is 831. The smallest absolute Gasteiger partial charge is 0.381 e. The van der Waals surface area contributed by atoms with Crippen LogP contribution in [0.2, 0.25) is 0 Å². The molecule has 144 valence electrons. The topological polar surface area (TPSA) is 84.3 Å². The number of imidazole rings is 1. The SMILES string of the molecule is Cl.O=c1[nH]c(C2CNCC2C(F)(F)F)nn2c(C3CCOCC3)ncc12. The minimum Gasteiger partial charge on any atom is -0.381 e. The number of nitrogens with zero attached hydrogens (tertiary/aromatic N) is 3. The normalized spacial score (nSPS) is 24.7. The fraction of sp³-hybridized carbons (Fsp3) is 0.667. The lowest BCUT2D eigenvalue weighted by atomic mass is 9.95. The molecule has 2 fully saturated rings. The van der Waals surface area contributed by atoms with Crippen molar-refractivity contribution in [3.05, 3.63) is 28.2 Å². The number of alkyl halides is 3. The molecule has 4 rings (SSSR count). The van der Waals surface area contributed by atoms with Gasteiger partial charge in [-0.2, -0.15) is 18.3 Å². The van der Waals surface area contributed by atoms with Crippen molar-refractivity contribution in [3.8, 4) is 0 Å². The Hall–Kier alpha value is -1.65. The van der Waals surface area contributed by atoms with Gasteiger partial charge in [-0.15, -0.1) is 12.4 Å². The van der Waals surface area contributed by atoms with E-state index in [0.29, 0.717) is 19.0 Å². The van der Waals surface area contributed by atoms with Gasteiger partial charge in [0.15, 0.2) is 5.52 Å². The van der Waals surface area contributed by atoms with Gasteiger partial charge in [0.1, 0.15) is 11.6 Å². The molecule has 0 saturated carbocycles. The molecule has 7 nitrogen and oxygen atoms in total. The summed E-state index contributed by atoms with van der Waals surface area (Å²) in [5, 5.41) is 7.08. The molecule has 2 saturated heterocycles. The number of halogens is 4. The van der Waals surface area contributed by atoms with Crippen molar-refractivity contribution in [2.75, 3.05) is 26.3 Å². The first-order chi connectivity index (χ1) is 11.9. The first-order valence-corrected chi connectivity index (χ1v) is 8.28. The predicted molar refractivity (Wildman–Crippen MR) is 88.8 cm³/mol. The molecule has 2 aliphatic rings. The van der Waals surface area contributed by atoms with Crippen LogP contribution in [0.15, 0.2) is 11.0 Å². The van der Waals surface area contributed by atoms with E-state index < -0.39 is 23.6 Å². The summed E-state index contributed by atoms with van der Waals surface area (Å²) in [6.45, 7) is 1.14. The number of rotatable bonds is 2. The number of nitrogens with one attached hydrogen (secondary N) is 2. The van der Waals surface area contributed by atoms with Gasteiger partial charge in [0, 0.05) is 38.1 Å². The molecule has 0 bridgehead atoms. The Labute approximate surface area is 152 Å². The van der Waals surface area contributed by atoms with Crippen LogP contribution in [0.5, 0.6) is 0 Å². The average Bonchev–Trinajstić information content (AvgIpc) is 3.22. The highest BCUT2D eigenvalue weighted by Crippen LogP contribution is 2.38. The molecule has 0 aliphatic carbocycles. The van der Waals surface area contributed by atoms with Crippen molar-refractivity contribution in [3.63, 3.8) is 0 Å². The van der Waals surface area contributed by atoms with Gasteiger partial charge in [0.25, 0.3) is 5.56 Å². The van der Waals surface area contributed by atoms with Gasteiger partial charge in [-0.05, 0) is 12.8 Å². The number of H-pyrrole nitrogens is 1. The summed E-state index contributed by atoms with van der Waals surface area (Å²) in [4.78, 5) is 19.1. The second-order valence-electron chi connectivity index (χ2n) is 6.55. The van der Waals surface area contributed by atoms with Crippen LogP contribution in [-0.4, -0.2) is 52.1 Å². The number of aromatic amines is 1. The van der Waals surface area contributed by atoms with Crippen molar-refractivity contribution in [2.45, 2.75) is 30.9 Å². The molecule has 2 aliphatic heterocycles. The van der Waals surface area contributed by atoms with Crippen LogP contribution in [0.25, 0.3) is 5.52 Å². The van der Waals surface area contributed by atoms with Crippen molar-refractivity contribution in [2.24, 2.45) is 5.92 Å². The standard InChI is InChI=1S/C15H18F3N5O2.ClH/c16-15(17,18)10-6-19-5-9(10)12-21-14(24)11-7-20-13(23(11)22-12)8-1-3-25-4-2-8;/h7-10,19H,1-6H2,(H,21,22,24);1H. The van der Waals surface area contributed by atoms with Crippen LogP contribution >= 0.6 is 12.4 Å². The molecule has 2 atom stereocenters. The number of fused-ring (bicyclic) bond motifs is 1. The lowest BCUT2D eigenvalue weighted by Gasteiger charge is -2.22. The average molecular weight is 394 g/mol. The van der Waals surface area contributed by atoms with Crippen molar-refractivity contribution >= 4 is 17.9 Å². The number of aromatic nitrogens is 4. The molecule has 0 radical (unpaired) electrons. The van der Waals surface area contributed by atoms with Crippen LogP contribution in [0.3, 0.4) is 0 Å². The molecule has 2 aromatic rings. The molecule has 2 unspecified atom stereocenters. The van der Waals surface area contributed by atoms with E-state index in [1.54, 1.807) is 0 Å².